The summed E-state index contributed by atoms with van der Waals surface area (Å²) in [6, 6.07) is 8.52. The molecule has 1 heterocycles. The number of benzene rings is 1. The molecule has 0 saturated heterocycles. The topological polar surface area (TPSA) is 51.2 Å². The molecule has 0 spiro atoms. The average molecular weight is 230 g/mol. The second-order valence-electron chi connectivity index (χ2n) is 4.87. The molecule has 3 N–H and O–H groups in total. The summed E-state index contributed by atoms with van der Waals surface area (Å²) in [6.07, 6.45) is 5.31. The van der Waals surface area contributed by atoms with Gasteiger partial charge in [0.2, 0.25) is 0 Å². The Balaban J connectivity index is 1.72. The van der Waals surface area contributed by atoms with E-state index in [4.69, 9.17) is 10.2 Å². The van der Waals surface area contributed by atoms with E-state index in [0.717, 1.165) is 29.0 Å². The predicted molar refractivity (Wildman–Crippen MR) is 69.7 cm³/mol. The van der Waals surface area contributed by atoms with E-state index in [2.05, 4.69) is 11.4 Å². The van der Waals surface area contributed by atoms with E-state index in [1.807, 2.05) is 18.2 Å². The molecule has 3 nitrogen and oxygen atoms in total. The highest BCUT2D eigenvalue weighted by Crippen LogP contribution is 2.23. The largest absolute Gasteiger partial charge is 0.460 e. The highest BCUT2D eigenvalue weighted by Gasteiger charge is 2.14. The van der Waals surface area contributed by atoms with Crippen LogP contribution in [0, 0.1) is 0 Å². The Labute approximate surface area is 101 Å². The lowest BCUT2D eigenvalue weighted by atomic mass is 10.2. The monoisotopic (exact) mass is 230 g/mol. The van der Waals surface area contributed by atoms with Gasteiger partial charge < -0.3 is 15.5 Å². The zero-order valence-electron chi connectivity index (χ0n) is 9.91. The fourth-order valence-corrected chi connectivity index (χ4v) is 2.58. The lowest BCUT2D eigenvalue weighted by Crippen LogP contribution is -2.24. The van der Waals surface area contributed by atoms with Crippen molar-refractivity contribution in [2.24, 2.45) is 0 Å². The van der Waals surface area contributed by atoms with E-state index in [0.29, 0.717) is 6.04 Å². The molecule has 0 amide bonds. The molecule has 2 aromatic rings. The molecule has 1 fully saturated rings. The lowest BCUT2D eigenvalue weighted by molar-refractivity contribution is 0.462. The summed E-state index contributed by atoms with van der Waals surface area (Å²) in [6.45, 7) is 0.819. The molecule has 17 heavy (non-hydrogen) atoms. The number of nitrogens with one attached hydrogen (secondary N) is 1. The van der Waals surface area contributed by atoms with Crippen molar-refractivity contribution in [3.8, 4) is 0 Å². The Bertz CT molecular complexity index is 512. The molecule has 3 heteroatoms. The zero-order valence-corrected chi connectivity index (χ0v) is 9.91. The van der Waals surface area contributed by atoms with Crippen LogP contribution >= 0.6 is 0 Å². The molecule has 1 saturated carbocycles. The molecule has 0 bridgehead atoms. The molecule has 1 aromatic heterocycles. The second kappa shape index (κ2) is 4.41. The van der Waals surface area contributed by atoms with Crippen LogP contribution in [0.1, 0.15) is 31.4 Å². The van der Waals surface area contributed by atoms with Crippen molar-refractivity contribution in [1.29, 1.82) is 0 Å². The quantitative estimate of drug-likeness (QED) is 0.797. The van der Waals surface area contributed by atoms with Gasteiger partial charge in [0.05, 0.1) is 6.54 Å². The third-order valence-electron chi connectivity index (χ3n) is 3.51. The van der Waals surface area contributed by atoms with Gasteiger partial charge >= 0.3 is 0 Å². The molecule has 0 aliphatic heterocycles. The van der Waals surface area contributed by atoms with Crippen LogP contribution in [0.2, 0.25) is 0 Å². The van der Waals surface area contributed by atoms with Crippen molar-refractivity contribution < 1.29 is 4.42 Å². The van der Waals surface area contributed by atoms with Crippen molar-refractivity contribution >= 4 is 16.7 Å². The molecule has 90 valence electrons. The minimum Gasteiger partial charge on any atom is -0.460 e. The Hall–Kier alpha value is -1.48. The highest BCUT2D eigenvalue weighted by atomic mass is 16.3. The van der Waals surface area contributed by atoms with Gasteiger partial charge in [-0.3, -0.25) is 0 Å². The summed E-state index contributed by atoms with van der Waals surface area (Å²) in [7, 11) is 0. The van der Waals surface area contributed by atoms with Crippen LogP contribution < -0.4 is 11.1 Å². The highest BCUT2D eigenvalue weighted by molar-refractivity contribution is 5.81. The molecular weight excluding hydrogens is 212 g/mol. The number of hydrogen-bond acceptors (Lipinski definition) is 3. The first-order valence-corrected chi connectivity index (χ1v) is 6.32. The molecule has 0 atom stereocenters. The van der Waals surface area contributed by atoms with Crippen molar-refractivity contribution in [1.82, 2.24) is 5.32 Å². The van der Waals surface area contributed by atoms with Crippen LogP contribution in [0.15, 0.2) is 28.7 Å². The van der Waals surface area contributed by atoms with Crippen LogP contribution in [-0.2, 0) is 6.54 Å². The third-order valence-corrected chi connectivity index (χ3v) is 3.51. The molecular formula is C14H18N2O. The average Bonchev–Trinajstić information content (AvgIpc) is 2.94. The number of nitrogens with two attached hydrogens (primary N) is 1. The van der Waals surface area contributed by atoms with Crippen molar-refractivity contribution in [2.75, 3.05) is 5.73 Å². The molecule has 1 aliphatic carbocycles. The van der Waals surface area contributed by atoms with Crippen molar-refractivity contribution in [3.05, 3.63) is 30.0 Å². The van der Waals surface area contributed by atoms with Crippen molar-refractivity contribution in [3.63, 3.8) is 0 Å². The Morgan fingerprint density at radius 2 is 2.06 bits per heavy atom. The molecule has 3 rings (SSSR count). The maximum atomic E-state index is 5.76. The van der Waals surface area contributed by atoms with Crippen LogP contribution in [0.25, 0.3) is 11.0 Å². The summed E-state index contributed by atoms with van der Waals surface area (Å²) in [5.41, 5.74) is 7.45. The van der Waals surface area contributed by atoms with Gasteiger partial charge in [-0.15, -0.1) is 0 Å². The van der Waals surface area contributed by atoms with Crippen LogP contribution in [-0.4, -0.2) is 6.04 Å². The Morgan fingerprint density at radius 1 is 1.24 bits per heavy atom. The molecule has 1 aromatic carbocycles. The van der Waals surface area contributed by atoms with Crippen LogP contribution in [0.5, 0.6) is 0 Å². The van der Waals surface area contributed by atoms with Gasteiger partial charge in [0.25, 0.3) is 0 Å². The summed E-state index contributed by atoms with van der Waals surface area (Å²) in [4.78, 5) is 0. The van der Waals surface area contributed by atoms with Crippen LogP contribution in [0.4, 0.5) is 5.69 Å². The Kier molecular flexibility index (Phi) is 2.77. The molecule has 0 unspecified atom stereocenters. The Morgan fingerprint density at radius 3 is 2.88 bits per heavy atom. The number of rotatable bonds is 3. The van der Waals surface area contributed by atoms with E-state index in [-0.39, 0.29) is 0 Å². The fourth-order valence-electron chi connectivity index (χ4n) is 2.58. The summed E-state index contributed by atoms with van der Waals surface area (Å²) < 4.78 is 5.76. The number of furan rings is 1. The zero-order chi connectivity index (χ0) is 11.7. The molecule has 0 radical (unpaired) electrons. The van der Waals surface area contributed by atoms with E-state index in [9.17, 15) is 0 Å². The number of anilines is 1. The van der Waals surface area contributed by atoms with E-state index < -0.39 is 0 Å². The minimum absolute atomic E-state index is 0.674. The van der Waals surface area contributed by atoms with Gasteiger partial charge in [0, 0.05) is 17.1 Å². The van der Waals surface area contributed by atoms with E-state index in [1.54, 1.807) is 0 Å². The fraction of sp³-hybridized carbons (Fsp3) is 0.429. The summed E-state index contributed by atoms with van der Waals surface area (Å²) in [5, 5.41) is 4.64. The van der Waals surface area contributed by atoms with E-state index >= 15 is 0 Å². The SMILES string of the molecule is Nc1ccc2oc(CNC3CCCC3)cc2c1. The predicted octanol–water partition coefficient (Wildman–Crippen LogP) is 3.05. The summed E-state index contributed by atoms with van der Waals surface area (Å²) in [5.74, 6) is 0.998. The first kappa shape index (κ1) is 10.7. The number of nitrogen functional groups attached to an aromatic ring is 1. The maximum Gasteiger partial charge on any atom is 0.134 e. The second-order valence-corrected chi connectivity index (χ2v) is 4.87. The number of fused-ring (bicyclic) bond motifs is 1. The van der Waals surface area contributed by atoms with Crippen molar-refractivity contribution in [2.45, 2.75) is 38.3 Å². The molecule has 1 aliphatic rings. The van der Waals surface area contributed by atoms with Gasteiger partial charge in [-0.25, -0.2) is 0 Å². The van der Waals surface area contributed by atoms with E-state index in [1.165, 1.54) is 25.7 Å². The smallest absolute Gasteiger partial charge is 0.134 e. The summed E-state index contributed by atoms with van der Waals surface area (Å²) >= 11 is 0. The first-order valence-electron chi connectivity index (χ1n) is 6.32. The first-order chi connectivity index (χ1) is 8.31. The van der Waals surface area contributed by atoms with Crippen LogP contribution in [0.3, 0.4) is 0 Å². The minimum atomic E-state index is 0.674. The third kappa shape index (κ3) is 2.29. The lowest BCUT2D eigenvalue weighted by Gasteiger charge is -2.09. The van der Waals surface area contributed by atoms with Gasteiger partial charge in [-0.1, -0.05) is 12.8 Å². The number of hydrogen-bond donors (Lipinski definition) is 2. The normalized spacial score (nSPS) is 16.9. The standard InChI is InChI=1S/C14H18N2O/c15-11-5-6-14-10(7-11)8-13(17-14)9-16-12-3-1-2-4-12/h5-8,12,16H,1-4,9,15H2. The maximum absolute atomic E-state index is 5.76. The van der Waals surface area contributed by atoms with Gasteiger partial charge in [0.1, 0.15) is 11.3 Å². The van der Waals surface area contributed by atoms with Gasteiger partial charge in [-0.05, 0) is 37.1 Å². The van der Waals surface area contributed by atoms with Gasteiger partial charge in [-0.2, -0.15) is 0 Å². The van der Waals surface area contributed by atoms with Gasteiger partial charge in [0.15, 0.2) is 0 Å².